The molecule has 5 nitrogen and oxygen atoms in total. The van der Waals surface area contributed by atoms with Crippen molar-refractivity contribution < 1.29 is 20.1 Å². The Bertz CT molecular complexity index is 572. The summed E-state index contributed by atoms with van der Waals surface area (Å²) in [6, 6.07) is -0.800. The smallest absolute Gasteiger partial charge is 0.220 e. The summed E-state index contributed by atoms with van der Waals surface area (Å²) in [7, 11) is 0. The van der Waals surface area contributed by atoms with Crippen LogP contribution < -0.4 is 5.32 Å². The summed E-state index contributed by atoms with van der Waals surface area (Å²) in [5, 5.41) is 33.2. The molecule has 0 aromatic rings. The van der Waals surface area contributed by atoms with E-state index >= 15 is 0 Å². The summed E-state index contributed by atoms with van der Waals surface area (Å²) in [4.78, 5) is 12.3. The number of aliphatic hydroxyl groups is 3. The largest absolute Gasteiger partial charge is 0.394 e. The minimum Gasteiger partial charge on any atom is -0.394 e. The van der Waals surface area contributed by atoms with Crippen molar-refractivity contribution in [1.82, 2.24) is 5.32 Å². The molecule has 0 aliphatic heterocycles. The van der Waals surface area contributed by atoms with Gasteiger partial charge in [0, 0.05) is 6.42 Å². The van der Waals surface area contributed by atoms with Crippen molar-refractivity contribution in [2.24, 2.45) is 0 Å². The number of nitrogens with one attached hydrogen (secondary N) is 1. The molecule has 0 bridgehead atoms. The van der Waals surface area contributed by atoms with Crippen molar-refractivity contribution in [2.75, 3.05) is 6.61 Å². The average molecular weight is 626 g/mol. The Hall–Kier alpha value is -0.650. The summed E-state index contributed by atoms with van der Waals surface area (Å²) < 4.78 is 0. The fraction of sp³-hybridized carbons (Fsp3) is 0.974. The average Bonchev–Trinajstić information content (AvgIpc) is 3.03. The van der Waals surface area contributed by atoms with Gasteiger partial charge in [-0.15, -0.1) is 0 Å². The van der Waals surface area contributed by atoms with Crippen molar-refractivity contribution in [3.8, 4) is 0 Å². The van der Waals surface area contributed by atoms with E-state index in [1.807, 2.05) is 0 Å². The highest BCUT2D eigenvalue weighted by atomic mass is 16.3. The first-order valence-electron chi connectivity index (χ1n) is 19.8. The molecule has 264 valence electrons. The number of hydrogen-bond donors (Lipinski definition) is 4. The van der Waals surface area contributed by atoms with Crippen LogP contribution in [0, 0.1) is 0 Å². The van der Waals surface area contributed by atoms with Crippen LogP contribution in [0.25, 0.3) is 0 Å². The SMILES string of the molecule is CCCCCCCCCCCCCCCCCCCCCCCCC(=O)NC(CO)C(O)C(O)CCCCCCCCCC. The van der Waals surface area contributed by atoms with E-state index in [0.29, 0.717) is 12.8 Å². The van der Waals surface area contributed by atoms with E-state index in [-0.39, 0.29) is 12.5 Å². The van der Waals surface area contributed by atoms with Crippen LogP contribution in [0.1, 0.15) is 219 Å². The van der Waals surface area contributed by atoms with Gasteiger partial charge >= 0.3 is 0 Å². The van der Waals surface area contributed by atoms with E-state index in [9.17, 15) is 20.1 Å². The highest BCUT2D eigenvalue weighted by Gasteiger charge is 2.26. The molecule has 3 atom stereocenters. The standard InChI is InChI=1S/C39H79NO4/c1-3-5-7-9-11-13-14-15-16-17-18-19-20-21-22-23-24-25-26-28-30-32-34-38(43)40-36(35-41)39(44)37(42)33-31-29-27-12-10-8-6-4-2/h36-37,39,41-42,44H,3-35H2,1-2H3,(H,40,43). The van der Waals surface area contributed by atoms with Crippen molar-refractivity contribution >= 4 is 5.91 Å². The molecule has 1 amide bonds. The maximum absolute atomic E-state index is 12.3. The van der Waals surface area contributed by atoms with E-state index in [4.69, 9.17) is 0 Å². The Morgan fingerprint density at radius 1 is 0.477 bits per heavy atom. The van der Waals surface area contributed by atoms with Gasteiger partial charge < -0.3 is 20.6 Å². The van der Waals surface area contributed by atoms with Crippen molar-refractivity contribution in [2.45, 2.75) is 238 Å². The topological polar surface area (TPSA) is 89.8 Å². The molecular weight excluding hydrogens is 546 g/mol. The molecule has 0 saturated carbocycles. The fourth-order valence-corrected chi connectivity index (χ4v) is 6.34. The first-order chi connectivity index (χ1) is 21.6. The number of unbranched alkanes of at least 4 members (excludes halogenated alkanes) is 28. The Balaban J connectivity index is 3.52. The van der Waals surface area contributed by atoms with E-state index < -0.39 is 18.2 Å². The second kappa shape index (κ2) is 35.2. The van der Waals surface area contributed by atoms with Crippen LogP contribution in [0.2, 0.25) is 0 Å². The Kier molecular flexibility index (Phi) is 34.7. The first-order valence-corrected chi connectivity index (χ1v) is 19.8. The Labute approximate surface area is 275 Å². The lowest BCUT2D eigenvalue weighted by Gasteiger charge is -2.26. The normalized spacial score (nSPS) is 13.7. The maximum atomic E-state index is 12.3. The van der Waals surface area contributed by atoms with E-state index in [0.717, 1.165) is 38.5 Å². The van der Waals surface area contributed by atoms with Gasteiger partial charge in [-0.1, -0.05) is 200 Å². The van der Waals surface area contributed by atoms with Crippen molar-refractivity contribution in [1.29, 1.82) is 0 Å². The number of carbonyl (C=O) groups excluding carboxylic acids is 1. The molecule has 0 radical (unpaired) electrons. The number of aliphatic hydroxyl groups excluding tert-OH is 3. The zero-order valence-electron chi connectivity index (χ0n) is 29.8. The van der Waals surface area contributed by atoms with Crippen LogP contribution in [0.4, 0.5) is 0 Å². The fourth-order valence-electron chi connectivity index (χ4n) is 6.34. The van der Waals surface area contributed by atoms with E-state index in [1.54, 1.807) is 0 Å². The van der Waals surface area contributed by atoms with Crippen LogP contribution in [0.5, 0.6) is 0 Å². The second-order valence-corrected chi connectivity index (χ2v) is 13.9. The predicted octanol–water partition coefficient (Wildman–Crippen LogP) is 10.7. The molecular formula is C39H79NO4. The molecule has 44 heavy (non-hydrogen) atoms. The minimum atomic E-state index is -1.13. The van der Waals surface area contributed by atoms with Crippen molar-refractivity contribution in [3.05, 3.63) is 0 Å². The van der Waals surface area contributed by atoms with Gasteiger partial charge in [-0.05, 0) is 12.8 Å². The van der Waals surface area contributed by atoms with Crippen LogP contribution >= 0.6 is 0 Å². The van der Waals surface area contributed by atoms with Gasteiger partial charge in [0.25, 0.3) is 0 Å². The third kappa shape index (κ3) is 30.0. The zero-order valence-corrected chi connectivity index (χ0v) is 29.8. The second-order valence-electron chi connectivity index (χ2n) is 13.9. The van der Waals surface area contributed by atoms with Crippen molar-refractivity contribution in [3.63, 3.8) is 0 Å². The molecule has 0 aromatic heterocycles. The Morgan fingerprint density at radius 3 is 1.09 bits per heavy atom. The molecule has 0 saturated heterocycles. The van der Waals surface area contributed by atoms with Gasteiger partial charge in [0.1, 0.15) is 6.10 Å². The molecule has 5 heteroatoms. The van der Waals surface area contributed by atoms with Crippen LogP contribution in [0.15, 0.2) is 0 Å². The molecule has 0 aromatic carbocycles. The molecule has 0 aliphatic carbocycles. The zero-order chi connectivity index (χ0) is 32.4. The first kappa shape index (κ1) is 43.4. The summed E-state index contributed by atoms with van der Waals surface area (Å²) in [5.41, 5.74) is 0. The summed E-state index contributed by atoms with van der Waals surface area (Å²) in [5.74, 6) is -0.143. The van der Waals surface area contributed by atoms with E-state index in [2.05, 4.69) is 19.2 Å². The molecule has 0 fully saturated rings. The lowest BCUT2D eigenvalue weighted by molar-refractivity contribution is -0.124. The maximum Gasteiger partial charge on any atom is 0.220 e. The van der Waals surface area contributed by atoms with Gasteiger partial charge in [0.15, 0.2) is 0 Å². The predicted molar refractivity (Wildman–Crippen MR) is 190 cm³/mol. The number of carbonyl (C=O) groups is 1. The summed E-state index contributed by atoms with van der Waals surface area (Å²) >= 11 is 0. The van der Waals surface area contributed by atoms with Gasteiger partial charge in [-0.25, -0.2) is 0 Å². The quantitative estimate of drug-likeness (QED) is 0.0521. The van der Waals surface area contributed by atoms with Gasteiger partial charge in [0.2, 0.25) is 5.91 Å². The number of hydrogen-bond acceptors (Lipinski definition) is 4. The number of rotatable bonds is 36. The molecule has 0 rings (SSSR count). The Morgan fingerprint density at radius 2 is 0.773 bits per heavy atom. The highest BCUT2D eigenvalue weighted by Crippen LogP contribution is 2.16. The number of amides is 1. The molecule has 0 aliphatic rings. The molecule has 0 heterocycles. The molecule has 4 N–H and O–H groups in total. The highest BCUT2D eigenvalue weighted by molar-refractivity contribution is 5.76. The van der Waals surface area contributed by atoms with Gasteiger partial charge in [0.05, 0.1) is 18.8 Å². The summed E-state index contributed by atoms with van der Waals surface area (Å²) in [6.07, 6.45) is 37.9. The van der Waals surface area contributed by atoms with Gasteiger partial charge in [-0.2, -0.15) is 0 Å². The third-order valence-corrected chi connectivity index (χ3v) is 9.46. The van der Waals surface area contributed by atoms with E-state index in [1.165, 1.54) is 154 Å². The van der Waals surface area contributed by atoms with Crippen LogP contribution in [0.3, 0.4) is 0 Å². The third-order valence-electron chi connectivity index (χ3n) is 9.46. The monoisotopic (exact) mass is 626 g/mol. The lowest BCUT2D eigenvalue weighted by Crippen LogP contribution is -2.50. The lowest BCUT2D eigenvalue weighted by atomic mass is 9.99. The molecule has 0 spiro atoms. The van der Waals surface area contributed by atoms with Crippen LogP contribution in [-0.4, -0.2) is 46.1 Å². The summed E-state index contributed by atoms with van der Waals surface area (Å²) in [6.45, 7) is 4.15. The van der Waals surface area contributed by atoms with Crippen LogP contribution in [-0.2, 0) is 4.79 Å². The van der Waals surface area contributed by atoms with Gasteiger partial charge in [-0.3, -0.25) is 4.79 Å². The molecule has 3 unspecified atom stereocenters. The minimum absolute atomic E-state index is 0.143.